The SMILES string of the molecule is CC(C)NC(C(=O)C(C)C)C(O)C1CNC1. The van der Waals surface area contributed by atoms with Crippen molar-refractivity contribution in [3.63, 3.8) is 0 Å². The Bertz CT molecular complexity index is 237. The van der Waals surface area contributed by atoms with E-state index in [1.54, 1.807) is 0 Å². The van der Waals surface area contributed by atoms with Crippen LogP contribution in [0.2, 0.25) is 0 Å². The molecule has 2 unspecified atom stereocenters. The summed E-state index contributed by atoms with van der Waals surface area (Å²) < 4.78 is 0. The van der Waals surface area contributed by atoms with Crippen LogP contribution in [-0.2, 0) is 4.79 Å². The Morgan fingerprint density at radius 2 is 1.88 bits per heavy atom. The molecule has 94 valence electrons. The van der Waals surface area contributed by atoms with E-state index in [0.29, 0.717) is 0 Å². The van der Waals surface area contributed by atoms with Gasteiger partial charge in [-0.25, -0.2) is 0 Å². The van der Waals surface area contributed by atoms with E-state index in [1.807, 2.05) is 27.7 Å². The van der Waals surface area contributed by atoms with Gasteiger partial charge in [-0.3, -0.25) is 4.79 Å². The zero-order valence-corrected chi connectivity index (χ0v) is 10.7. The second-order valence-electron chi connectivity index (χ2n) is 5.27. The average Bonchev–Trinajstić information content (AvgIpc) is 2.09. The summed E-state index contributed by atoms with van der Waals surface area (Å²) in [6.07, 6.45) is -0.571. The number of carbonyl (C=O) groups excluding carboxylic acids is 1. The molecular weight excluding hydrogens is 204 g/mol. The van der Waals surface area contributed by atoms with Gasteiger partial charge >= 0.3 is 0 Å². The molecule has 0 amide bonds. The van der Waals surface area contributed by atoms with Gasteiger partial charge in [0.25, 0.3) is 0 Å². The molecule has 0 bridgehead atoms. The monoisotopic (exact) mass is 228 g/mol. The normalized spacial score (nSPS) is 20.9. The zero-order chi connectivity index (χ0) is 12.3. The number of aliphatic hydroxyl groups is 1. The molecule has 1 fully saturated rings. The molecule has 0 aromatic heterocycles. The standard InChI is InChI=1S/C12H24N2O2/c1-7(2)11(15)10(14-8(3)4)12(16)9-5-13-6-9/h7-10,12-14,16H,5-6H2,1-4H3. The Labute approximate surface area is 97.8 Å². The molecule has 1 saturated heterocycles. The van der Waals surface area contributed by atoms with Crippen LogP contribution in [0.3, 0.4) is 0 Å². The van der Waals surface area contributed by atoms with E-state index in [1.165, 1.54) is 0 Å². The fraction of sp³-hybridized carbons (Fsp3) is 0.917. The molecule has 1 rings (SSSR count). The molecule has 0 aromatic carbocycles. The summed E-state index contributed by atoms with van der Waals surface area (Å²) in [5.74, 6) is 0.269. The first-order chi connectivity index (χ1) is 7.43. The van der Waals surface area contributed by atoms with E-state index < -0.39 is 12.1 Å². The summed E-state index contributed by atoms with van der Waals surface area (Å²) in [6.45, 7) is 9.36. The van der Waals surface area contributed by atoms with Gasteiger partial charge < -0.3 is 15.7 Å². The van der Waals surface area contributed by atoms with E-state index in [2.05, 4.69) is 10.6 Å². The van der Waals surface area contributed by atoms with E-state index in [-0.39, 0.29) is 23.7 Å². The summed E-state index contributed by atoms with van der Waals surface area (Å²) in [7, 11) is 0. The van der Waals surface area contributed by atoms with E-state index >= 15 is 0 Å². The maximum absolute atomic E-state index is 12.0. The van der Waals surface area contributed by atoms with Crippen molar-refractivity contribution in [1.82, 2.24) is 10.6 Å². The molecule has 0 radical (unpaired) electrons. The largest absolute Gasteiger partial charge is 0.391 e. The lowest BCUT2D eigenvalue weighted by Gasteiger charge is -2.37. The predicted octanol–water partition coefficient (Wildman–Crippen LogP) is 0.158. The van der Waals surface area contributed by atoms with Crippen molar-refractivity contribution in [2.75, 3.05) is 13.1 Å². The Morgan fingerprint density at radius 3 is 2.19 bits per heavy atom. The second-order valence-corrected chi connectivity index (χ2v) is 5.27. The lowest BCUT2D eigenvalue weighted by molar-refractivity contribution is -0.128. The zero-order valence-electron chi connectivity index (χ0n) is 10.7. The maximum atomic E-state index is 12.0. The Hall–Kier alpha value is -0.450. The highest BCUT2D eigenvalue weighted by atomic mass is 16.3. The Balaban J connectivity index is 2.65. The Kier molecular flexibility index (Phi) is 4.89. The van der Waals surface area contributed by atoms with Crippen LogP contribution in [0.5, 0.6) is 0 Å². The van der Waals surface area contributed by atoms with Gasteiger partial charge in [0.15, 0.2) is 5.78 Å². The molecule has 1 aliphatic heterocycles. The summed E-state index contributed by atoms with van der Waals surface area (Å²) >= 11 is 0. The van der Waals surface area contributed by atoms with Crippen molar-refractivity contribution >= 4 is 5.78 Å². The van der Waals surface area contributed by atoms with Crippen molar-refractivity contribution in [3.8, 4) is 0 Å². The summed E-state index contributed by atoms with van der Waals surface area (Å²) in [4.78, 5) is 12.0. The van der Waals surface area contributed by atoms with Crippen LogP contribution in [-0.4, -0.2) is 42.2 Å². The fourth-order valence-electron chi connectivity index (χ4n) is 1.89. The second kappa shape index (κ2) is 5.75. The van der Waals surface area contributed by atoms with Gasteiger partial charge in [0.1, 0.15) is 0 Å². The number of ketones is 1. The number of hydrogen-bond acceptors (Lipinski definition) is 4. The quantitative estimate of drug-likeness (QED) is 0.606. The van der Waals surface area contributed by atoms with Crippen molar-refractivity contribution in [1.29, 1.82) is 0 Å². The number of aliphatic hydroxyl groups excluding tert-OH is 1. The predicted molar refractivity (Wildman–Crippen MR) is 64.3 cm³/mol. The highest BCUT2D eigenvalue weighted by Gasteiger charge is 2.36. The van der Waals surface area contributed by atoms with Gasteiger partial charge in [0.2, 0.25) is 0 Å². The van der Waals surface area contributed by atoms with Gasteiger partial charge in [0.05, 0.1) is 12.1 Å². The molecule has 0 aromatic rings. The van der Waals surface area contributed by atoms with Crippen molar-refractivity contribution in [3.05, 3.63) is 0 Å². The smallest absolute Gasteiger partial charge is 0.154 e. The molecular formula is C12H24N2O2. The number of rotatable bonds is 6. The topological polar surface area (TPSA) is 61.4 Å². The highest BCUT2D eigenvalue weighted by Crippen LogP contribution is 2.16. The average molecular weight is 228 g/mol. The maximum Gasteiger partial charge on any atom is 0.154 e. The number of hydrogen-bond donors (Lipinski definition) is 3. The van der Waals surface area contributed by atoms with Crippen LogP contribution >= 0.6 is 0 Å². The third kappa shape index (κ3) is 3.27. The third-order valence-corrected chi connectivity index (χ3v) is 3.03. The van der Waals surface area contributed by atoms with Crippen LogP contribution in [0, 0.1) is 11.8 Å². The minimum atomic E-state index is -0.571. The summed E-state index contributed by atoms with van der Waals surface area (Å²) in [6, 6.07) is -0.220. The lowest BCUT2D eigenvalue weighted by atomic mass is 9.86. The van der Waals surface area contributed by atoms with Crippen LogP contribution in [0.15, 0.2) is 0 Å². The van der Waals surface area contributed by atoms with Gasteiger partial charge in [-0.05, 0) is 0 Å². The van der Waals surface area contributed by atoms with Crippen LogP contribution in [0.1, 0.15) is 27.7 Å². The molecule has 3 N–H and O–H groups in total. The third-order valence-electron chi connectivity index (χ3n) is 3.03. The molecule has 2 atom stereocenters. The molecule has 4 nitrogen and oxygen atoms in total. The minimum absolute atomic E-state index is 0.0427. The van der Waals surface area contributed by atoms with Crippen molar-refractivity contribution in [2.24, 2.45) is 11.8 Å². The molecule has 16 heavy (non-hydrogen) atoms. The van der Waals surface area contributed by atoms with Crippen LogP contribution < -0.4 is 10.6 Å². The van der Waals surface area contributed by atoms with Gasteiger partial charge in [-0.1, -0.05) is 27.7 Å². The summed E-state index contributed by atoms with van der Waals surface area (Å²) in [5, 5.41) is 16.5. The van der Waals surface area contributed by atoms with Crippen molar-refractivity contribution < 1.29 is 9.90 Å². The number of nitrogens with one attached hydrogen (secondary N) is 2. The molecule has 0 aliphatic carbocycles. The lowest BCUT2D eigenvalue weighted by Crippen LogP contribution is -2.59. The molecule has 1 heterocycles. The van der Waals surface area contributed by atoms with Crippen LogP contribution in [0.25, 0.3) is 0 Å². The van der Waals surface area contributed by atoms with E-state index in [9.17, 15) is 9.90 Å². The van der Waals surface area contributed by atoms with E-state index in [0.717, 1.165) is 13.1 Å². The van der Waals surface area contributed by atoms with Gasteiger partial charge in [-0.15, -0.1) is 0 Å². The summed E-state index contributed by atoms with van der Waals surface area (Å²) in [5.41, 5.74) is 0. The number of Topliss-reactive ketones (excluding diaryl/α,β-unsaturated/α-hetero) is 1. The Morgan fingerprint density at radius 1 is 1.31 bits per heavy atom. The van der Waals surface area contributed by atoms with Gasteiger partial charge in [-0.2, -0.15) is 0 Å². The minimum Gasteiger partial charge on any atom is -0.391 e. The molecule has 0 spiro atoms. The highest BCUT2D eigenvalue weighted by molar-refractivity contribution is 5.86. The van der Waals surface area contributed by atoms with Crippen LogP contribution in [0.4, 0.5) is 0 Å². The molecule has 4 heteroatoms. The van der Waals surface area contributed by atoms with Crippen molar-refractivity contribution in [2.45, 2.75) is 45.9 Å². The first-order valence-corrected chi connectivity index (χ1v) is 6.12. The molecule has 0 saturated carbocycles. The van der Waals surface area contributed by atoms with Gasteiger partial charge in [0, 0.05) is 31.0 Å². The fourth-order valence-corrected chi connectivity index (χ4v) is 1.89. The first-order valence-electron chi connectivity index (χ1n) is 6.12. The number of carbonyl (C=O) groups is 1. The van der Waals surface area contributed by atoms with E-state index in [4.69, 9.17) is 0 Å². The molecule has 1 aliphatic rings. The first kappa shape index (κ1) is 13.6.